The molecule has 1 aromatic rings. The highest BCUT2D eigenvalue weighted by Gasteiger charge is 2.20. The number of hydrogen-bond donors (Lipinski definition) is 1. The molecule has 0 heterocycles. The predicted octanol–water partition coefficient (Wildman–Crippen LogP) is 1.20. The van der Waals surface area contributed by atoms with E-state index in [1.807, 2.05) is 0 Å². The zero-order valence-electron chi connectivity index (χ0n) is 14.3. The fourth-order valence-corrected chi connectivity index (χ4v) is 1.93. The fraction of sp³-hybridized carbons (Fsp3) is 0.438. The smallest absolute Gasteiger partial charge is 0.325 e. The summed E-state index contributed by atoms with van der Waals surface area (Å²) in [4.78, 5) is 36.3. The molecule has 0 aliphatic carbocycles. The molecule has 132 valence electrons. The summed E-state index contributed by atoms with van der Waals surface area (Å²) >= 11 is 0. The van der Waals surface area contributed by atoms with Gasteiger partial charge in [-0.3, -0.25) is 14.4 Å². The van der Waals surface area contributed by atoms with Crippen LogP contribution in [-0.2, 0) is 23.9 Å². The van der Waals surface area contributed by atoms with Crippen molar-refractivity contribution in [1.82, 2.24) is 0 Å². The number of amides is 1. The molecular formula is C16H22N2O6. The van der Waals surface area contributed by atoms with Crippen LogP contribution in [0, 0.1) is 0 Å². The number of nitrogens with zero attached hydrogens (tertiary/aromatic N) is 1. The SMILES string of the molecule is CCC(=O)Nc1ccc(OC)c(N(CC(=O)OC)CC(=O)OC)c1. The van der Waals surface area contributed by atoms with E-state index < -0.39 is 11.9 Å². The molecule has 0 aliphatic heterocycles. The molecule has 1 amide bonds. The second-order valence-electron chi connectivity index (χ2n) is 4.80. The molecule has 0 aromatic heterocycles. The number of methoxy groups -OCH3 is 3. The highest BCUT2D eigenvalue weighted by atomic mass is 16.5. The van der Waals surface area contributed by atoms with Crippen LogP contribution in [0.2, 0.25) is 0 Å². The second kappa shape index (κ2) is 9.39. The van der Waals surface area contributed by atoms with Gasteiger partial charge in [-0.05, 0) is 18.2 Å². The Morgan fingerprint density at radius 1 is 1.04 bits per heavy atom. The van der Waals surface area contributed by atoms with E-state index >= 15 is 0 Å². The van der Waals surface area contributed by atoms with Gasteiger partial charge in [0, 0.05) is 12.1 Å². The third-order valence-corrected chi connectivity index (χ3v) is 3.22. The highest BCUT2D eigenvalue weighted by molar-refractivity contribution is 5.92. The van der Waals surface area contributed by atoms with E-state index in [0.717, 1.165) is 0 Å². The normalized spacial score (nSPS) is 9.83. The van der Waals surface area contributed by atoms with Gasteiger partial charge in [0.1, 0.15) is 18.8 Å². The van der Waals surface area contributed by atoms with Crippen molar-refractivity contribution in [1.29, 1.82) is 0 Å². The Kier molecular flexibility index (Phi) is 7.54. The van der Waals surface area contributed by atoms with Gasteiger partial charge in [-0.2, -0.15) is 0 Å². The summed E-state index contributed by atoms with van der Waals surface area (Å²) < 4.78 is 14.6. The molecular weight excluding hydrogens is 316 g/mol. The Morgan fingerprint density at radius 3 is 2.08 bits per heavy atom. The summed E-state index contributed by atoms with van der Waals surface area (Å²) in [6.45, 7) is 1.39. The lowest BCUT2D eigenvalue weighted by Gasteiger charge is -2.24. The lowest BCUT2D eigenvalue weighted by molar-refractivity contribution is -0.140. The molecule has 8 nitrogen and oxygen atoms in total. The number of hydrogen-bond acceptors (Lipinski definition) is 7. The van der Waals surface area contributed by atoms with Gasteiger partial charge in [0.05, 0.1) is 27.0 Å². The van der Waals surface area contributed by atoms with E-state index in [9.17, 15) is 14.4 Å². The molecule has 0 spiro atoms. The van der Waals surface area contributed by atoms with Crippen LogP contribution in [0.25, 0.3) is 0 Å². The molecule has 1 N–H and O–H groups in total. The number of carbonyl (C=O) groups excluding carboxylic acids is 3. The largest absolute Gasteiger partial charge is 0.495 e. The van der Waals surface area contributed by atoms with Crippen molar-refractivity contribution in [3.63, 3.8) is 0 Å². The van der Waals surface area contributed by atoms with Crippen molar-refractivity contribution < 1.29 is 28.6 Å². The van der Waals surface area contributed by atoms with Crippen LogP contribution in [0.15, 0.2) is 18.2 Å². The standard InChI is InChI=1S/C16H22N2O6/c1-5-14(19)17-11-6-7-13(22-2)12(8-11)18(9-15(20)23-3)10-16(21)24-4/h6-8H,5,9-10H2,1-4H3,(H,17,19). The fourth-order valence-electron chi connectivity index (χ4n) is 1.93. The third-order valence-electron chi connectivity index (χ3n) is 3.22. The molecule has 0 fully saturated rings. The van der Waals surface area contributed by atoms with Gasteiger partial charge in [0.2, 0.25) is 5.91 Å². The number of rotatable bonds is 8. The average molecular weight is 338 g/mol. The Bertz CT molecular complexity index is 584. The summed E-state index contributed by atoms with van der Waals surface area (Å²) in [6.07, 6.45) is 0.329. The number of ether oxygens (including phenoxy) is 3. The number of anilines is 2. The number of nitrogens with one attached hydrogen (secondary N) is 1. The van der Waals surface area contributed by atoms with Crippen molar-refractivity contribution in [3.05, 3.63) is 18.2 Å². The topological polar surface area (TPSA) is 94.2 Å². The van der Waals surface area contributed by atoms with Crippen LogP contribution in [0.1, 0.15) is 13.3 Å². The van der Waals surface area contributed by atoms with E-state index in [2.05, 4.69) is 14.8 Å². The quantitative estimate of drug-likeness (QED) is 0.712. The van der Waals surface area contributed by atoms with Gasteiger partial charge in [-0.25, -0.2) is 0 Å². The first kappa shape index (κ1) is 19.3. The van der Waals surface area contributed by atoms with Crippen molar-refractivity contribution in [2.24, 2.45) is 0 Å². The van der Waals surface area contributed by atoms with Crippen LogP contribution in [0.5, 0.6) is 5.75 Å². The Morgan fingerprint density at radius 2 is 1.62 bits per heavy atom. The molecule has 0 atom stereocenters. The summed E-state index contributed by atoms with van der Waals surface area (Å²) in [5.74, 6) is -0.760. The number of benzene rings is 1. The highest BCUT2D eigenvalue weighted by Crippen LogP contribution is 2.31. The van der Waals surface area contributed by atoms with Crippen LogP contribution >= 0.6 is 0 Å². The van der Waals surface area contributed by atoms with E-state index in [1.54, 1.807) is 25.1 Å². The number of carbonyl (C=O) groups is 3. The summed E-state index contributed by atoms with van der Waals surface area (Å²) in [7, 11) is 3.99. The van der Waals surface area contributed by atoms with E-state index in [1.165, 1.54) is 26.2 Å². The maximum atomic E-state index is 11.6. The zero-order chi connectivity index (χ0) is 18.1. The van der Waals surface area contributed by atoms with Gasteiger partial charge in [-0.1, -0.05) is 6.92 Å². The van der Waals surface area contributed by atoms with E-state index in [4.69, 9.17) is 4.74 Å². The van der Waals surface area contributed by atoms with Crippen molar-refractivity contribution in [2.45, 2.75) is 13.3 Å². The Balaban J connectivity index is 3.20. The van der Waals surface area contributed by atoms with Crippen molar-refractivity contribution >= 4 is 29.2 Å². The minimum Gasteiger partial charge on any atom is -0.495 e. The van der Waals surface area contributed by atoms with Crippen LogP contribution in [0.3, 0.4) is 0 Å². The first-order valence-corrected chi connectivity index (χ1v) is 7.31. The molecule has 0 radical (unpaired) electrons. The molecule has 8 heteroatoms. The minimum atomic E-state index is -0.524. The molecule has 0 aliphatic rings. The van der Waals surface area contributed by atoms with E-state index in [-0.39, 0.29) is 19.0 Å². The summed E-state index contributed by atoms with van der Waals surface area (Å²) in [6, 6.07) is 4.94. The predicted molar refractivity (Wildman–Crippen MR) is 88.2 cm³/mol. The van der Waals surface area contributed by atoms with E-state index in [0.29, 0.717) is 23.5 Å². The van der Waals surface area contributed by atoms with Gasteiger partial charge in [0.25, 0.3) is 0 Å². The maximum Gasteiger partial charge on any atom is 0.325 e. The summed E-state index contributed by atoms with van der Waals surface area (Å²) in [5, 5.41) is 2.72. The van der Waals surface area contributed by atoms with Crippen LogP contribution in [0.4, 0.5) is 11.4 Å². The molecule has 0 saturated carbocycles. The van der Waals surface area contributed by atoms with Gasteiger partial charge in [0.15, 0.2) is 0 Å². The monoisotopic (exact) mass is 338 g/mol. The second-order valence-corrected chi connectivity index (χ2v) is 4.80. The molecule has 1 rings (SSSR count). The Labute approximate surface area is 140 Å². The molecule has 24 heavy (non-hydrogen) atoms. The average Bonchev–Trinajstić information content (AvgIpc) is 2.60. The zero-order valence-corrected chi connectivity index (χ0v) is 14.3. The first-order valence-electron chi connectivity index (χ1n) is 7.31. The van der Waals surface area contributed by atoms with Crippen LogP contribution < -0.4 is 15.0 Å². The van der Waals surface area contributed by atoms with Gasteiger partial charge < -0.3 is 24.4 Å². The number of esters is 2. The lowest BCUT2D eigenvalue weighted by Crippen LogP contribution is -2.36. The van der Waals surface area contributed by atoms with Crippen molar-refractivity contribution in [3.8, 4) is 5.75 Å². The minimum absolute atomic E-state index is 0.154. The van der Waals surface area contributed by atoms with Crippen molar-refractivity contribution in [2.75, 3.05) is 44.6 Å². The van der Waals surface area contributed by atoms with Gasteiger partial charge >= 0.3 is 11.9 Å². The van der Waals surface area contributed by atoms with Crippen LogP contribution in [-0.4, -0.2) is 52.3 Å². The molecule has 0 bridgehead atoms. The first-order chi connectivity index (χ1) is 11.4. The molecule has 0 saturated heterocycles. The molecule has 0 unspecified atom stereocenters. The maximum absolute atomic E-state index is 11.6. The molecule has 1 aromatic carbocycles. The van der Waals surface area contributed by atoms with Gasteiger partial charge in [-0.15, -0.1) is 0 Å². The summed E-state index contributed by atoms with van der Waals surface area (Å²) in [5.41, 5.74) is 0.986. The third kappa shape index (κ3) is 5.45. The Hall–Kier alpha value is -2.77. The lowest BCUT2D eigenvalue weighted by atomic mass is 10.2.